The lowest BCUT2D eigenvalue weighted by molar-refractivity contribution is -0.0606. The summed E-state index contributed by atoms with van der Waals surface area (Å²) >= 11 is 0. The summed E-state index contributed by atoms with van der Waals surface area (Å²) in [7, 11) is 0. The summed E-state index contributed by atoms with van der Waals surface area (Å²) in [5.41, 5.74) is 0.595. The smallest absolute Gasteiger partial charge is 0.0166 e. The molecule has 16 atom stereocenters. The lowest BCUT2D eigenvalue weighted by Crippen LogP contribution is -2.49. The van der Waals surface area contributed by atoms with E-state index in [1.165, 1.54) is 0 Å². The van der Waals surface area contributed by atoms with Crippen molar-refractivity contribution in [1.82, 2.24) is 0 Å². The van der Waals surface area contributed by atoms with E-state index in [0.29, 0.717) is 5.41 Å². The van der Waals surface area contributed by atoms with Gasteiger partial charge in [-0.3, -0.25) is 0 Å². The number of hydrogen-bond donors (Lipinski definition) is 0. The van der Waals surface area contributed by atoms with Crippen LogP contribution in [0.25, 0.3) is 0 Å². The summed E-state index contributed by atoms with van der Waals surface area (Å²) in [5.74, 6) is 17.6. The lowest BCUT2D eigenvalue weighted by Gasteiger charge is -2.54. The SMILES string of the molecule is CC1(C)C2C(C=CC3C4CC(C5C6CCC(C6)C45)C31)C1CC2C2C3CCC(C3)C12. The van der Waals surface area contributed by atoms with Crippen molar-refractivity contribution in [3.8, 4) is 0 Å². The second kappa shape index (κ2) is 4.88. The molecule has 8 bridgehead atoms. The van der Waals surface area contributed by atoms with E-state index in [2.05, 4.69) is 26.0 Å². The van der Waals surface area contributed by atoms with Gasteiger partial charge in [0.15, 0.2) is 0 Å². The Kier molecular flexibility index (Phi) is 2.76. The minimum Gasteiger partial charge on any atom is -0.0845 e. The van der Waals surface area contributed by atoms with Gasteiger partial charge in [-0.05, 0) is 151 Å². The number of rotatable bonds is 0. The van der Waals surface area contributed by atoms with Gasteiger partial charge < -0.3 is 0 Å². The summed E-state index contributed by atoms with van der Waals surface area (Å²) < 4.78 is 0. The Bertz CT molecular complexity index is 741. The first kappa shape index (κ1) is 16.4. The van der Waals surface area contributed by atoms with Crippen molar-refractivity contribution >= 4 is 0 Å². The monoisotopic (exact) mass is 388 g/mol. The third-order valence-corrected chi connectivity index (χ3v) is 14.2. The van der Waals surface area contributed by atoms with E-state index in [4.69, 9.17) is 0 Å². The van der Waals surface area contributed by atoms with E-state index in [0.717, 1.165) is 94.7 Å². The van der Waals surface area contributed by atoms with Gasteiger partial charge in [-0.1, -0.05) is 26.0 Å². The van der Waals surface area contributed by atoms with Crippen molar-refractivity contribution < 1.29 is 0 Å². The summed E-state index contributed by atoms with van der Waals surface area (Å²) in [4.78, 5) is 0. The van der Waals surface area contributed by atoms with Crippen molar-refractivity contribution in [2.45, 2.75) is 65.2 Å². The van der Waals surface area contributed by atoms with Crippen LogP contribution in [0.1, 0.15) is 65.2 Å². The van der Waals surface area contributed by atoms with E-state index < -0.39 is 0 Å². The molecule has 9 aliphatic carbocycles. The molecule has 0 aliphatic heterocycles. The van der Waals surface area contributed by atoms with Crippen LogP contribution in [0.3, 0.4) is 0 Å². The Morgan fingerprint density at radius 2 is 0.897 bits per heavy atom. The normalized spacial score (nSPS) is 70.8. The van der Waals surface area contributed by atoms with Crippen LogP contribution in [-0.4, -0.2) is 0 Å². The largest absolute Gasteiger partial charge is 0.0845 e. The predicted octanol–water partition coefficient (Wildman–Crippen LogP) is 6.67. The van der Waals surface area contributed by atoms with E-state index in [-0.39, 0.29) is 0 Å². The van der Waals surface area contributed by atoms with Crippen LogP contribution in [0.4, 0.5) is 0 Å². The van der Waals surface area contributed by atoms with Gasteiger partial charge in [0.25, 0.3) is 0 Å². The van der Waals surface area contributed by atoms with E-state index in [9.17, 15) is 0 Å². The average Bonchev–Trinajstić information content (AvgIpc) is 3.53. The van der Waals surface area contributed by atoms with Gasteiger partial charge in [0, 0.05) is 0 Å². The fourth-order valence-electron chi connectivity index (χ4n) is 14.4. The molecule has 0 heterocycles. The zero-order chi connectivity index (χ0) is 18.8. The second-order valence-electron chi connectivity index (χ2n) is 14.5. The zero-order valence-electron chi connectivity index (χ0n) is 18.5. The molecule has 8 fully saturated rings. The lowest BCUT2D eigenvalue weighted by atomic mass is 9.50. The highest BCUT2D eigenvalue weighted by atomic mass is 14.8. The molecule has 0 radical (unpaired) electrons. The minimum absolute atomic E-state index is 0.595. The third-order valence-electron chi connectivity index (χ3n) is 14.2. The molecular formula is C29H40. The average molecular weight is 389 g/mol. The molecule has 156 valence electrons. The first-order valence-corrected chi connectivity index (χ1v) is 13.8. The van der Waals surface area contributed by atoms with Crippen molar-refractivity contribution in [2.75, 3.05) is 0 Å². The molecule has 0 nitrogen and oxygen atoms in total. The molecule has 9 rings (SSSR count). The molecule has 0 aromatic heterocycles. The molecule has 0 heteroatoms. The molecule has 9 aliphatic rings. The van der Waals surface area contributed by atoms with E-state index in [1.807, 2.05) is 0 Å². The predicted molar refractivity (Wildman–Crippen MR) is 116 cm³/mol. The molecule has 16 unspecified atom stereocenters. The number of allylic oxidation sites excluding steroid dienone is 2. The summed E-state index contributed by atoms with van der Waals surface area (Å²) in [5, 5.41) is 0. The van der Waals surface area contributed by atoms with Gasteiger partial charge in [-0.15, -0.1) is 0 Å². The van der Waals surface area contributed by atoms with Crippen LogP contribution in [0.2, 0.25) is 0 Å². The van der Waals surface area contributed by atoms with E-state index in [1.54, 1.807) is 51.4 Å². The first-order chi connectivity index (χ1) is 14.1. The van der Waals surface area contributed by atoms with Gasteiger partial charge in [0.1, 0.15) is 0 Å². The molecule has 0 aromatic rings. The first-order valence-electron chi connectivity index (χ1n) is 13.8. The Hall–Kier alpha value is -0.260. The second-order valence-corrected chi connectivity index (χ2v) is 14.5. The Morgan fingerprint density at radius 1 is 0.517 bits per heavy atom. The minimum atomic E-state index is 0.595. The Morgan fingerprint density at radius 3 is 1.31 bits per heavy atom. The number of fused-ring (bicyclic) bond motifs is 24. The van der Waals surface area contributed by atoms with E-state index >= 15 is 0 Å². The van der Waals surface area contributed by atoms with Gasteiger partial charge in [0.2, 0.25) is 0 Å². The molecule has 0 aromatic carbocycles. The molecule has 0 saturated heterocycles. The van der Waals surface area contributed by atoms with Gasteiger partial charge in [0.05, 0.1) is 0 Å². The number of hydrogen-bond acceptors (Lipinski definition) is 0. The van der Waals surface area contributed by atoms with Crippen molar-refractivity contribution in [1.29, 1.82) is 0 Å². The standard InChI is InChI=1S/C29H40/c1-29(2)27-17(19-11-21(27)25-15-5-3-13(9-15)23(19)25)7-8-18-20-12-22(28(18)29)26-16-6-4-14(10-16)24(20)26/h7-8,13-28H,3-6,9-12H2,1-2H3. The zero-order valence-corrected chi connectivity index (χ0v) is 18.5. The molecule has 8 saturated carbocycles. The van der Waals surface area contributed by atoms with Crippen LogP contribution in [0.5, 0.6) is 0 Å². The van der Waals surface area contributed by atoms with Gasteiger partial charge in [-0.2, -0.15) is 0 Å². The molecule has 0 N–H and O–H groups in total. The van der Waals surface area contributed by atoms with Crippen molar-refractivity contribution in [3.05, 3.63) is 12.2 Å². The van der Waals surface area contributed by atoms with Crippen LogP contribution in [-0.2, 0) is 0 Å². The molecule has 0 amide bonds. The molecule has 0 spiro atoms. The topological polar surface area (TPSA) is 0 Å². The Balaban J connectivity index is 1.15. The highest BCUT2D eigenvalue weighted by molar-refractivity contribution is 5.26. The maximum atomic E-state index is 2.90. The molecule has 29 heavy (non-hydrogen) atoms. The fraction of sp³-hybridized carbons (Fsp3) is 0.931. The summed E-state index contributed by atoms with van der Waals surface area (Å²) in [6.07, 6.45) is 18.7. The molecular weight excluding hydrogens is 348 g/mol. The Labute approximate surface area is 177 Å². The van der Waals surface area contributed by atoms with Crippen molar-refractivity contribution in [2.24, 2.45) is 100 Å². The van der Waals surface area contributed by atoms with Gasteiger partial charge in [-0.25, -0.2) is 0 Å². The quantitative estimate of drug-likeness (QED) is 0.321. The maximum absolute atomic E-state index is 2.90. The highest BCUT2D eigenvalue weighted by Crippen LogP contribution is 2.78. The van der Waals surface area contributed by atoms with Crippen LogP contribution < -0.4 is 0 Å². The highest BCUT2D eigenvalue weighted by Gasteiger charge is 2.72. The van der Waals surface area contributed by atoms with Gasteiger partial charge >= 0.3 is 0 Å². The summed E-state index contributed by atoms with van der Waals surface area (Å²) in [6.45, 7) is 5.61. The third kappa shape index (κ3) is 1.61. The maximum Gasteiger partial charge on any atom is -0.0166 e. The van der Waals surface area contributed by atoms with Crippen LogP contribution in [0.15, 0.2) is 12.2 Å². The van der Waals surface area contributed by atoms with Crippen molar-refractivity contribution in [3.63, 3.8) is 0 Å². The summed E-state index contributed by atoms with van der Waals surface area (Å²) in [6, 6.07) is 0. The fourth-order valence-corrected chi connectivity index (χ4v) is 14.4. The van der Waals surface area contributed by atoms with Crippen LogP contribution >= 0.6 is 0 Å². The van der Waals surface area contributed by atoms with Crippen LogP contribution in [0, 0.1) is 100 Å².